The van der Waals surface area contributed by atoms with E-state index in [1.54, 1.807) is 24.3 Å². The van der Waals surface area contributed by atoms with Crippen molar-refractivity contribution in [3.63, 3.8) is 0 Å². The molecule has 1 aliphatic rings. The van der Waals surface area contributed by atoms with E-state index in [1.165, 1.54) is 4.90 Å². The molecule has 2 heterocycles. The van der Waals surface area contributed by atoms with Crippen LogP contribution in [0.25, 0.3) is 10.9 Å². The zero-order valence-corrected chi connectivity index (χ0v) is 11.2. The van der Waals surface area contributed by atoms with Crippen LogP contribution in [0.3, 0.4) is 0 Å². The number of carbonyl (C=O) groups excluding carboxylic acids is 2. The quantitative estimate of drug-likeness (QED) is 0.732. The Bertz CT molecular complexity index is 844. The number of fused-ring (bicyclic) bond motifs is 2. The summed E-state index contributed by atoms with van der Waals surface area (Å²) in [6.45, 7) is 0.293. The van der Waals surface area contributed by atoms with Crippen LogP contribution < -0.4 is 0 Å². The number of rotatable bonds is 2. The van der Waals surface area contributed by atoms with E-state index in [4.69, 9.17) is 0 Å². The van der Waals surface area contributed by atoms with Gasteiger partial charge >= 0.3 is 0 Å². The molecule has 1 aromatic heterocycles. The Labute approximate surface area is 121 Å². The first kappa shape index (κ1) is 11.9. The molecule has 0 unspecified atom stereocenters. The minimum atomic E-state index is -0.220. The van der Waals surface area contributed by atoms with Gasteiger partial charge in [-0.2, -0.15) is 0 Å². The number of H-pyrrole nitrogens is 1. The van der Waals surface area contributed by atoms with Gasteiger partial charge in [-0.3, -0.25) is 14.5 Å². The van der Waals surface area contributed by atoms with Crippen molar-refractivity contribution in [3.05, 3.63) is 71.4 Å². The van der Waals surface area contributed by atoms with Crippen molar-refractivity contribution in [1.29, 1.82) is 0 Å². The maximum atomic E-state index is 12.3. The molecule has 0 fully saturated rings. The zero-order valence-electron chi connectivity index (χ0n) is 11.2. The molecule has 2 aromatic carbocycles. The lowest BCUT2D eigenvalue weighted by molar-refractivity contribution is 0.0642. The lowest BCUT2D eigenvalue weighted by Crippen LogP contribution is -2.29. The molecule has 0 radical (unpaired) electrons. The monoisotopic (exact) mass is 276 g/mol. The Morgan fingerprint density at radius 1 is 0.905 bits per heavy atom. The summed E-state index contributed by atoms with van der Waals surface area (Å²) in [6, 6.07) is 14.8. The molecule has 102 valence electrons. The molecule has 1 aliphatic heterocycles. The van der Waals surface area contributed by atoms with Crippen molar-refractivity contribution in [2.24, 2.45) is 0 Å². The van der Waals surface area contributed by atoms with E-state index < -0.39 is 0 Å². The predicted octanol–water partition coefficient (Wildman–Crippen LogP) is 2.96. The molecule has 0 aliphatic carbocycles. The molecule has 3 aromatic rings. The minimum Gasteiger partial charge on any atom is -0.361 e. The van der Waals surface area contributed by atoms with Crippen LogP contribution in [0.1, 0.15) is 26.3 Å². The Morgan fingerprint density at radius 3 is 2.33 bits per heavy atom. The SMILES string of the molecule is O=C1c2ccccc2C(=O)N1Cc1ccc2cc[nH]c2c1. The van der Waals surface area contributed by atoms with E-state index in [-0.39, 0.29) is 11.8 Å². The first-order chi connectivity index (χ1) is 10.2. The third-order valence-electron chi connectivity index (χ3n) is 3.84. The normalized spacial score (nSPS) is 14.0. The second-order valence-corrected chi connectivity index (χ2v) is 5.14. The van der Waals surface area contributed by atoms with Crippen LogP contribution in [0.4, 0.5) is 0 Å². The van der Waals surface area contributed by atoms with Crippen molar-refractivity contribution in [1.82, 2.24) is 9.88 Å². The molecule has 2 amide bonds. The highest BCUT2D eigenvalue weighted by Crippen LogP contribution is 2.25. The van der Waals surface area contributed by atoms with E-state index in [9.17, 15) is 9.59 Å². The number of aromatic amines is 1. The van der Waals surface area contributed by atoms with E-state index >= 15 is 0 Å². The summed E-state index contributed by atoms with van der Waals surface area (Å²) in [7, 11) is 0. The number of aromatic nitrogens is 1. The Morgan fingerprint density at radius 2 is 1.62 bits per heavy atom. The summed E-state index contributed by atoms with van der Waals surface area (Å²) in [5.74, 6) is -0.440. The second-order valence-electron chi connectivity index (χ2n) is 5.14. The molecule has 4 nitrogen and oxygen atoms in total. The summed E-state index contributed by atoms with van der Waals surface area (Å²) in [6.07, 6.45) is 1.87. The van der Waals surface area contributed by atoms with Crippen molar-refractivity contribution >= 4 is 22.7 Å². The molecule has 0 bridgehead atoms. The molecule has 21 heavy (non-hydrogen) atoms. The van der Waals surface area contributed by atoms with Gasteiger partial charge in [0.25, 0.3) is 11.8 Å². The lowest BCUT2D eigenvalue weighted by atomic mass is 10.1. The van der Waals surface area contributed by atoms with Crippen LogP contribution >= 0.6 is 0 Å². The van der Waals surface area contributed by atoms with Gasteiger partial charge in [0.05, 0.1) is 17.7 Å². The molecule has 1 N–H and O–H groups in total. The van der Waals surface area contributed by atoms with Gasteiger partial charge in [0.15, 0.2) is 0 Å². The molecule has 0 spiro atoms. The highest BCUT2D eigenvalue weighted by molar-refractivity contribution is 6.21. The standard InChI is InChI=1S/C17H12N2O2/c20-16-13-3-1-2-4-14(13)17(21)19(16)10-11-5-6-12-7-8-18-15(12)9-11/h1-9,18H,10H2. The third-order valence-corrected chi connectivity index (χ3v) is 3.84. The third kappa shape index (κ3) is 1.76. The Kier molecular flexibility index (Phi) is 2.44. The number of benzene rings is 2. The first-order valence-electron chi connectivity index (χ1n) is 6.75. The van der Waals surface area contributed by atoms with Crippen molar-refractivity contribution in [3.8, 4) is 0 Å². The van der Waals surface area contributed by atoms with Crippen molar-refractivity contribution in [2.45, 2.75) is 6.54 Å². The van der Waals surface area contributed by atoms with Crippen LogP contribution in [-0.4, -0.2) is 21.7 Å². The fourth-order valence-corrected chi connectivity index (χ4v) is 2.76. The van der Waals surface area contributed by atoms with Crippen molar-refractivity contribution < 1.29 is 9.59 Å². The summed E-state index contributed by atoms with van der Waals surface area (Å²) in [4.78, 5) is 29.1. The van der Waals surface area contributed by atoms with E-state index in [0.29, 0.717) is 17.7 Å². The van der Waals surface area contributed by atoms with Gasteiger partial charge in [0.1, 0.15) is 0 Å². The fraction of sp³-hybridized carbons (Fsp3) is 0.0588. The van der Waals surface area contributed by atoms with E-state index in [0.717, 1.165) is 16.5 Å². The lowest BCUT2D eigenvalue weighted by Gasteiger charge is -2.13. The summed E-state index contributed by atoms with van der Waals surface area (Å²) in [5, 5.41) is 1.11. The first-order valence-corrected chi connectivity index (χ1v) is 6.75. The molecule has 0 saturated heterocycles. The molecular formula is C17H12N2O2. The summed E-state index contributed by atoms with van der Waals surface area (Å²) < 4.78 is 0. The maximum absolute atomic E-state index is 12.3. The van der Waals surface area contributed by atoms with E-state index in [2.05, 4.69) is 4.98 Å². The van der Waals surface area contributed by atoms with Crippen LogP contribution in [0.2, 0.25) is 0 Å². The van der Waals surface area contributed by atoms with Gasteiger partial charge in [0, 0.05) is 11.7 Å². The Hall–Kier alpha value is -2.88. The molecular weight excluding hydrogens is 264 g/mol. The van der Waals surface area contributed by atoms with E-state index in [1.807, 2.05) is 30.5 Å². The van der Waals surface area contributed by atoms with Crippen molar-refractivity contribution in [2.75, 3.05) is 0 Å². The van der Waals surface area contributed by atoms with Gasteiger partial charge in [-0.25, -0.2) is 0 Å². The van der Waals surface area contributed by atoms with Gasteiger partial charge < -0.3 is 4.98 Å². The average molecular weight is 276 g/mol. The predicted molar refractivity (Wildman–Crippen MR) is 78.9 cm³/mol. The number of hydrogen-bond donors (Lipinski definition) is 1. The second kappa shape index (κ2) is 4.31. The van der Waals surface area contributed by atoms with Gasteiger partial charge in [-0.15, -0.1) is 0 Å². The van der Waals surface area contributed by atoms with Crippen LogP contribution in [0.5, 0.6) is 0 Å². The summed E-state index contributed by atoms with van der Waals surface area (Å²) in [5.41, 5.74) is 2.91. The number of hydrogen-bond acceptors (Lipinski definition) is 2. The van der Waals surface area contributed by atoms with Gasteiger partial charge in [-0.05, 0) is 35.2 Å². The topological polar surface area (TPSA) is 53.2 Å². The molecule has 0 atom stereocenters. The maximum Gasteiger partial charge on any atom is 0.261 e. The Balaban J connectivity index is 1.69. The van der Waals surface area contributed by atoms with Crippen LogP contribution in [0.15, 0.2) is 54.7 Å². The fourth-order valence-electron chi connectivity index (χ4n) is 2.76. The number of amides is 2. The minimum absolute atomic E-state index is 0.220. The smallest absolute Gasteiger partial charge is 0.261 e. The number of nitrogens with zero attached hydrogens (tertiary/aromatic N) is 1. The number of nitrogens with one attached hydrogen (secondary N) is 1. The van der Waals surface area contributed by atoms with Crippen LogP contribution in [-0.2, 0) is 6.54 Å². The zero-order chi connectivity index (χ0) is 14.4. The molecule has 4 rings (SSSR count). The largest absolute Gasteiger partial charge is 0.361 e. The summed E-state index contributed by atoms with van der Waals surface area (Å²) >= 11 is 0. The van der Waals surface area contributed by atoms with Crippen LogP contribution in [0, 0.1) is 0 Å². The van der Waals surface area contributed by atoms with Gasteiger partial charge in [-0.1, -0.05) is 24.3 Å². The highest BCUT2D eigenvalue weighted by atomic mass is 16.2. The molecule has 4 heteroatoms. The van der Waals surface area contributed by atoms with Gasteiger partial charge in [0.2, 0.25) is 0 Å². The number of carbonyl (C=O) groups is 2. The highest BCUT2D eigenvalue weighted by Gasteiger charge is 2.34. The average Bonchev–Trinajstić information content (AvgIpc) is 3.06. The number of imide groups is 1. The molecule has 0 saturated carbocycles.